The lowest BCUT2D eigenvalue weighted by Gasteiger charge is -2.07. The Bertz CT molecular complexity index is 1020. The number of aromatic nitrogens is 4. The van der Waals surface area contributed by atoms with E-state index in [0.29, 0.717) is 22.2 Å². The molecule has 0 aliphatic carbocycles. The van der Waals surface area contributed by atoms with Crippen molar-refractivity contribution in [3.63, 3.8) is 0 Å². The SMILES string of the molecule is Cc1c(C(=O)Nc2ccc(Oc3cnccn3)cc2)sc2nccn12. The molecule has 0 aliphatic heterocycles. The molecule has 0 saturated carbocycles. The Morgan fingerprint density at radius 3 is 2.72 bits per heavy atom. The van der Waals surface area contributed by atoms with Gasteiger partial charge in [-0.05, 0) is 31.2 Å². The van der Waals surface area contributed by atoms with Crippen molar-refractivity contribution < 1.29 is 9.53 Å². The van der Waals surface area contributed by atoms with E-state index in [4.69, 9.17) is 4.74 Å². The van der Waals surface area contributed by atoms with Crippen LogP contribution < -0.4 is 10.1 Å². The first-order chi connectivity index (χ1) is 12.2. The highest BCUT2D eigenvalue weighted by Crippen LogP contribution is 2.24. The van der Waals surface area contributed by atoms with Crippen LogP contribution in [0.2, 0.25) is 0 Å². The minimum atomic E-state index is -0.157. The molecule has 0 unspecified atom stereocenters. The number of amides is 1. The standard InChI is InChI=1S/C17H13N5O2S/c1-11-15(25-17-20-8-9-22(11)17)16(23)21-12-2-4-13(5-3-12)24-14-10-18-6-7-19-14/h2-10H,1H3,(H,21,23). The number of carbonyl (C=O) groups excluding carboxylic acids is 1. The topological polar surface area (TPSA) is 81.4 Å². The number of fused-ring (bicyclic) bond motifs is 1. The normalized spacial score (nSPS) is 10.8. The second-order valence-corrected chi connectivity index (χ2v) is 6.20. The van der Waals surface area contributed by atoms with Crippen molar-refractivity contribution in [2.24, 2.45) is 0 Å². The van der Waals surface area contributed by atoms with Crippen LogP contribution in [0.1, 0.15) is 15.4 Å². The molecule has 3 heterocycles. The van der Waals surface area contributed by atoms with Crippen molar-refractivity contribution in [2.45, 2.75) is 6.92 Å². The molecule has 0 spiro atoms. The lowest BCUT2D eigenvalue weighted by molar-refractivity contribution is 0.102. The smallest absolute Gasteiger partial charge is 0.267 e. The maximum atomic E-state index is 12.5. The Hall–Kier alpha value is -3.26. The van der Waals surface area contributed by atoms with Gasteiger partial charge in [-0.25, -0.2) is 9.97 Å². The van der Waals surface area contributed by atoms with E-state index in [0.717, 1.165) is 10.7 Å². The first-order valence-corrected chi connectivity index (χ1v) is 8.30. The first-order valence-electron chi connectivity index (χ1n) is 7.48. The van der Waals surface area contributed by atoms with Gasteiger partial charge in [0, 0.05) is 36.2 Å². The van der Waals surface area contributed by atoms with Gasteiger partial charge in [0.05, 0.1) is 6.20 Å². The fraction of sp³-hybridized carbons (Fsp3) is 0.0588. The van der Waals surface area contributed by atoms with E-state index in [1.54, 1.807) is 42.9 Å². The number of carbonyl (C=O) groups is 1. The summed E-state index contributed by atoms with van der Waals surface area (Å²) in [6.07, 6.45) is 8.23. The molecule has 0 bridgehead atoms. The van der Waals surface area contributed by atoms with Crippen molar-refractivity contribution in [3.8, 4) is 11.6 Å². The Kier molecular flexibility index (Phi) is 3.87. The van der Waals surface area contributed by atoms with Crippen LogP contribution >= 0.6 is 11.3 Å². The van der Waals surface area contributed by atoms with Gasteiger partial charge in [-0.1, -0.05) is 11.3 Å². The fourth-order valence-electron chi connectivity index (χ4n) is 2.36. The second-order valence-electron chi connectivity index (χ2n) is 5.22. The number of nitrogens with zero attached hydrogens (tertiary/aromatic N) is 4. The van der Waals surface area contributed by atoms with Gasteiger partial charge < -0.3 is 10.1 Å². The van der Waals surface area contributed by atoms with Gasteiger partial charge in [0.2, 0.25) is 5.88 Å². The Morgan fingerprint density at radius 2 is 2.00 bits per heavy atom. The van der Waals surface area contributed by atoms with Crippen LogP contribution in [-0.2, 0) is 0 Å². The Morgan fingerprint density at radius 1 is 1.16 bits per heavy atom. The van der Waals surface area contributed by atoms with E-state index in [-0.39, 0.29) is 5.91 Å². The third-order valence-electron chi connectivity index (χ3n) is 3.57. The van der Waals surface area contributed by atoms with Crippen LogP contribution in [0.25, 0.3) is 4.96 Å². The van der Waals surface area contributed by atoms with E-state index in [9.17, 15) is 4.79 Å². The van der Waals surface area contributed by atoms with Gasteiger partial charge >= 0.3 is 0 Å². The average molecular weight is 351 g/mol. The van der Waals surface area contributed by atoms with Crippen LogP contribution in [-0.4, -0.2) is 25.3 Å². The Balaban J connectivity index is 1.48. The number of nitrogens with one attached hydrogen (secondary N) is 1. The molecule has 0 radical (unpaired) electrons. The van der Waals surface area contributed by atoms with Gasteiger partial charge in [0.15, 0.2) is 4.96 Å². The zero-order valence-corrected chi connectivity index (χ0v) is 14.0. The molecular weight excluding hydrogens is 338 g/mol. The van der Waals surface area contributed by atoms with Gasteiger partial charge in [-0.3, -0.25) is 14.2 Å². The van der Waals surface area contributed by atoms with Crippen molar-refractivity contribution in [3.05, 3.63) is 65.8 Å². The molecule has 3 aromatic heterocycles. The van der Waals surface area contributed by atoms with E-state index >= 15 is 0 Å². The molecule has 8 heteroatoms. The summed E-state index contributed by atoms with van der Waals surface area (Å²) in [4.78, 5) is 26.1. The van der Waals surface area contributed by atoms with Gasteiger partial charge in [0.1, 0.15) is 10.6 Å². The number of benzene rings is 1. The summed E-state index contributed by atoms with van der Waals surface area (Å²) in [5, 5.41) is 2.89. The van der Waals surface area contributed by atoms with Crippen LogP contribution in [0.5, 0.6) is 11.6 Å². The molecule has 0 aliphatic rings. The fourth-order valence-corrected chi connectivity index (χ4v) is 3.34. The number of anilines is 1. The maximum absolute atomic E-state index is 12.5. The number of rotatable bonds is 4. The lowest BCUT2D eigenvalue weighted by atomic mass is 10.3. The Labute approximate surface area is 147 Å². The van der Waals surface area contributed by atoms with E-state index in [1.165, 1.54) is 17.5 Å². The third kappa shape index (κ3) is 3.07. The van der Waals surface area contributed by atoms with Gasteiger partial charge in [-0.15, -0.1) is 0 Å². The van der Waals surface area contributed by atoms with Gasteiger partial charge in [0.25, 0.3) is 5.91 Å². The molecule has 1 N–H and O–H groups in total. The summed E-state index contributed by atoms with van der Waals surface area (Å²) in [6, 6.07) is 7.08. The molecule has 1 aromatic carbocycles. The minimum Gasteiger partial charge on any atom is -0.438 e. The van der Waals surface area contributed by atoms with Crippen LogP contribution in [0.4, 0.5) is 5.69 Å². The monoisotopic (exact) mass is 351 g/mol. The summed E-state index contributed by atoms with van der Waals surface area (Å²) in [5.74, 6) is 0.872. The summed E-state index contributed by atoms with van der Waals surface area (Å²) in [7, 11) is 0. The molecule has 0 atom stereocenters. The summed E-state index contributed by atoms with van der Waals surface area (Å²) in [5.41, 5.74) is 1.56. The van der Waals surface area contributed by atoms with E-state index in [1.807, 2.05) is 17.5 Å². The predicted molar refractivity (Wildman–Crippen MR) is 94.3 cm³/mol. The first kappa shape index (κ1) is 15.3. The van der Waals surface area contributed by atoms with Crippen molar-refractivity contribution >= 4 is 27.9 Å². The number of thiazole rings is 1. The molecule has 0 saturated heterocycles. The summed E-state index contributed by atoms with van der Waals surface area (Å²) in [6.45, 7) is 1.90. The highest BCUT2D eigenvalue weighted by molar-refractivity contribution is 7.19. The third-order valence-corrected chi connectivity index (χ3v) is 4.74. The lowest BCUT2D eigenvalue weighted by Crippen LogP contribution is -2.11. The molecule has 25 heavy (non-hydrogen) atoms. The number of hydrogen-bond acceptors (Lipinski definition) is 6. The summed E-state index contributed by atoms with van der Waals surface area (Å²) >= 11 is 1.36. The van der Waals surface area contributed by atoms with Gasteiger partial charge in [-0.2, -0.15) is 0 Å². The van der Waals surface area contributed by atoms with Crippen molar-refractivity contribution in [1.82, 2.24) is 19.4 Å². The zero-order valence-electron chi connectivity index (χ0n) is 13.2. The number of hydrogen-bond donors (Lipinski definition) is 1. The van der Waals surface area contributed by atoms with Crippen LogP contribution in [0, 0.1) is 6.92 Å². The molecule has 7 nitrogen and oxygen atoms in total. The molecule has 0 fully saturated rings. The van der Waals surface area contributed by atoms with Crippen molar-refractivity contribution in [2.75, 3.05) is 5.32 Å². The molecule has 124 valence electrons. The second kappa shape index (κ2) is 6.33. The van der Waals surface area contributed by atoms with Crippen LogP contribution in [0.3, 0.4) is 0 Å². The molecule has 1 amide bonds. The average Bonchev–Trinajstić information content (AvgIpc) is 3.21. The predicted octanol–water partition coefficient (Wildman–Crippen LogP) is 3.54. The zero-order chi connectivity index (χ0) is 17.2. The minimum absolute atomic E-state index is 0.157. The van der Waals surface area contributed by atoms with Crippen LogP contribution in [0.15, 0.2) is 55.2 Å². The number of imidazole rings is 1. The number of aryl methyl sites for hydroxylation is 1. The summed E-state index contributed by atoms with van der Waals surface area (Å²) < 4.78 is 7.48. The molecular formula is C17H13N5O2S. The van der Waals surface area contributed by atoms with E-state index < -0.39 is 0 Å². The highest BCUT2D eigenvalue weighted by atomic mass is 32.1. The molecule has 4 aromatic rings. The maximum Gasteiger partial charge on any atom is 0.267 e. The quantitative estimate of drug-likeness (QED) is 0.608. The molecule has 4 rings (SSSR count). The largest absolute Gasteiger partial charge is 0.438 e. The number of ether oxygens (including phenoxy) is 1. The van der Waals surface area contributed by atoms with E-state index in [2.05, 4.69) is 20.3 Å². The highest BCUT2D eigenvalue weighted by Gasteiger charge is 2.16. The van der Waals surface area contributed by atoms with Crippen molar-refractivity contribution in [1.29, 1.82) is 0 Å².